The van der Waals surface area contributed by atoms with Gasteiger partial charge in [-0.05, 0) is 43.3 Å². The number of hydrogen-bond acceptors (Lipinski definition) is 3. The van der Waals surface area contributed by atoms with E-state index < -0.39 is 0 Å². The van der Waals surface area contributed by atoms with E-state index in [2.05, 4.69) is 4.98 Å². The molecule has 24 heavy (non-hydrogen) atoms. The third kappa shape index (κ3) is 3.76. The maximum absolute atomic E-state index is 12.9. The van der Waals surface area contributed by atoms with Gasteiger partial charge in [0.15, 0.2) is 0 Å². The van der Waals surface area contributed by atoms with Crippen molar-refractivity contribution in [2.75, 3.05) is 12.3 Å². The number of nitrogens with zero attached hydrogens (tertiary/aromatic N) is 3. The summed E-state index contributed by atoms with van der Waals surface area (Å²) in [6.07, 6.45) is 3.75. The molecule has 0 atom stereocenters. The largest absolute Gasteiger partial charge is 0.336 e. The molecule has 124 valence electrons. The standard InChI is InChI=1S/C18H18FN3OS/c1-2-21(12-15-11-20-17-5-3-4-10-22(15)17)18(23)13-24-16-8-6-14(19)7-9-16/h3-11H,2,12-13H2,1H3. The SMILES string of the molecule is CCN(Cc1cnc2ccccn12)C(=O)CSc1ccc(F)cc1. The first kappa shape index (κ1) is 16.5. The monoisotopic (exact) mass is 343 g/mol. The van der Waals surface area contributed by atoms with Gasteiger partial charge in [-0.15, -0.1) is 11.8 Å². The minimum atomic E-state index is -0.270. The van der Waals surface area contributed by atoms with Crippen LogP contribution in [0.1, 0.15) is 12.6 Å². The molecule has 0 N–H and O–H groups in total. The number of carbonyl (C=O) groups excluding carboxylic acids is 1. The third-order valence-electron chi connectivity index (χ3n) is 3.76. The summed E-state index contributed by atoms with van der Waals surface area (Å²) >= 11 is 1.42. The molecule has 0 spiro atoms. The Kier molecular flexibility index (Phi) is 5.15. The number of thioether (sulfide) groups is 1. The quantitative estimate of drug-likeness (QED) is 0.642. The minimum Gasteiger partial charge on any atom is -0.336 e. The van der Waals surface area contributed by atoms with Gasteiger partial charge in [0, 0.05) is 17.6 Å². The molecule has 0 bridgehead atoms. The molecule has 0 saturated carbocycles. The summed E-state index contributed by atoms with van der Waals surface area (Å²) in [6, 6.07) is 12.0. The predicted molar refractivity (Wildman–Crippen MR) is 93.4 cm³/mol. The van der Waals surface area contributed by atoms with Crippen molar-refractivity contribution >= 4 is 23.3 Å². The lowest BCUT2D eigenvalue weighted by atomic mass is 10.3. The number of pyridine rings is 1. The molecule has 2 aromatic heterocycles. The van der Waals surface area contributed by atoms with Gasteiger partial charge in [0.25, 0.3) is 0 Å². The van der Waals surface area contributed by atoms with E-state index >= 15 is 0 Å². The van der Waals surface area contributed by atoms with Gasteiger partial charge in [-0.2, -0.15) is 0 Å². The Balaban J connectivity index is 1.64. The van der Waals surface area contributed by atoms with Crippen molar-refractivity contribution in [1.29, 1.82) is 0 Å². The van der Waals surface area contributed by atoms with Crippen LogP contribution in [-0.4, -0.2) is 32.5 Å². The zero-order valence-electron chi connectivity index (χ0n) is 13.4. The normalized spacial score (nSPS) is 10.9. The second kappa shape index (κ2) is 7.49. The summed E-state index contributed by atoms with van der Waals surface area (Å²) in [7, 11) is 0. The van der Waals surface area contributed by atoms with E-state index in [0.717, 1.165) is 16.2 Å². The van der Waals surface area contributed by atoms with Gasteiger partial charge >= 0.3 is 0 Å². The maximum Gasteiger partial charge on any atom is 0.233 e. The van der Waals surface area contributed by atoms with E-state index in [1.54, 1.807) is 23.2 Å². The summed E-state index contributed by atoms with van der Waals surface area (Å²) in [4.78, 5) is 19.5. The van der Waals surface area contributed by atoms with Crippen LogP contribution in [0.25, 0.3) is 5.65 Å². The van der Waals surface area contributed by atoms with Crippen LogP contribution in [0.4, 0.5) is 4.39 Å². The summed E-state index contributed by atoms with van der Waals surface area (Å²) in [5, 5.41) is 0. The Hall–Kier alpha value is -2.34. The first-order chi connectivity index (χ1) is 11.7. The number of aromatic nitrogens is 2. The number of benzene rings is 1. The molecular weight excluding hydrogens is 325 g/mol. The molecule has 3 rings (SSSR count). The Morgan fingerprint density at radius 2 is 2.04 bits per heavy atom. The topological polar surface area (TPSA) is 37.6 Å². The van der Waals surface area contributed by atoms with Gasteiger partial charge in [-0.3, -0.25) is 4.79 Å². The molecule has 1 amide bonds. The Bertz CT molecular complexity index is 832. The van der Waals surface area contributed by atoms with Crippen molar-refractivity contribution in [2.24, 2.45) is 0 Å². The van der Waals surface area contributed by atoms with E-state index in [0.29, 0.717) is 18.8 Å². The van der Waals surface area contributed by atoms with E-state index in [-0.39, 0.29) is 11.7 Å². The van der Waals surface area contributed by atoms with Gasteiger partial charge < -0.3 is 9.30 Å². The van der Waals surface area contributed by atoms with Crippen LogP contribution >= 0.6 is 11.8 Å². The molecular formula is C18H18FN3OS. The molecule has 0 aliphatic rings. The van der Waals surface area contributed by atoms with Crippen molar-refractivity contribution in [2.45, 2.75) is 18.4 Å². The second-order valence-electron chi connectivity index (χ2n) is 5.33. The number of imidazole rings is 1. The molecule has 0 saturated heterocycles. The number of halogens is 1. The summed E-state index contributed by atoms with van der Waals surface area (Å²) in [6.45, 7) is 3.11. The number of carbonyl (C=O) groups is 1. The molecule has 1 aromatic carbocycles. The highest BCUT2D eigenvalue weighted by molar-refractivity contribution is 8.00. The fourth-order valence-electron chi connectivity index (χ4n) is 2.44. The Morgan fingerprint density at radius 3 is 2.79 bits per heavy atom. The Labute approximate surface area is 144 Å². The molecule has 3 aromatic rings. The zero-order chi connectivity index (χ0) is 16.9. The summed E-state index contributed by atoms with van der Waals surface area (Å²) in [5.41, 5.74) is 1.85. The molecule has 4 nitrogen and oxygen atoms in total. The van der Waals surface area contributed by atoms with Crippen molar-refractivity contribution in [1.82, 2.24) is 14.3 Å². The van der Waals surface area contributed by atoms with Crippen LogP contribution in [0, 0.1) is 5.82 Å². The van der Waals surface area contributed by atoms with Gasteiger partial charge in [0.1, 0.15) is 11.5 Å². The van der Waals surface area contributed by atoms with Gasteiger partial charge in [0.2, 0.25) is 5.91 Å². The third-order valence-corrected chi connectivity index (χ3v) is 4.75. The number of rotatable bonds is 6. The van der Waals surface area contributed by atoms with E-state index in [1.807, 2.05) is 35.7 Å². The molecule has 6 heteroatoms. The molecule has 2 heterocycles. The van der Waals surface area contributed by atoms with Crippen molar-refractivity contribution in [3.63, 3.8) is 0 Å². The van der Waals surface area contributed by atoms with Crippen LogP contribution in [0.5, 0.6) is 0 Å². The second-order valence-corrected chi connectivity index (χ2v) is 6.38. The molecule has 0 fully saturated rings. The first-order valence-corrected chi connectivity index (χ1v) is 8.73. The highest BCUT2D eigenvalue weighted by Crippen LogP contribution is 2.19. The van der Waals surface area contributed by atoms with Crippen molar-refractivity contribution < 1.29 is 9.18 Å². The fourth-order valence-corrected chi connectivity index (χ4v) is 3.24. The lowest BCUT2D eigenvalue weighted by molar-refractivity contribution is -0.128. The highest BCUT2D eigenvalue weighted by Gasteiger charge is 2.14. The van der Waals surface area contributed by atoms with Gasteiger partial charge in [-0.25, -0.2) is 9.37 Å². The lowest BCUT2D eigenvalue weighted by Crippen LogP contribution is -2.32. The molecule has 0 unspecified atom stereocenters. The van der Waals surface area contributed by atoms with Crippen LogP contribution < -0.4 is 0 Å². The van der Waals surface area contributed by atoms with E-state index in [4.69, 9.17) is 0 Å². The minimum absolute atomic E-state index is 0.0534. The average Bonchev–Trinajstić information content (AvgIpc) is 3.02. The summed E-state index contributed by atoms with van der Waals surface area (Å²) < 4.78 is 14.9. The van der Waals surface area contributed by atoms with Crippen LogP contribution in [0.2, 0.25) is 0 Å². The van der Waals surface area contributed by atoms with Crippen molar-refractivity contribution in [3.05, 3.63) is 66.4 Å². The highest BCUT2D eigenvalue weighted by atomic mass is 32.2. The average molecular weight is 343 g/mol. The lowest BCUT2D eigenvalue weighted by Gasteiger charge is -2.20. The number of hydrogen-bond donors (Lipinski definition) is 0. The molecule has 0 aliphatic heterocycles. The fraction of sp³-hybridized carbons (Fsp3) is 0.222. The van der Waals surface area contributed by atoms with Crippen LogP contribution in [-0.2, 0) is 11.3 Å². The van der Waals surface area contributed by atoms with Crippen LogP contribution in [0.3, 0.4) is 0 Å². The zero-order valence-corrected chi connectivity index (χ0v) is 14.2. The smallest absolute Gasteiger partial charge is 0.233 e. The Morgan fingerprint density at radius 1 is 1.25 bits per heavy atom. The first-order valence-electron chi connectivity index (χ1n) is 7.74. The maximum atomic E-state index is 12.9. The predicted octanol–water partition coefficient (Wildman–Crippen LogP) is 3.61. The number of fused-ring (bicyclic) bond motifs is 1. The van der Waals surface area contributed by atoms with E-state index in [1.165, 1.54) is 23.9 Å². The van der Waals surface area contributed by atoms with E-state index in [9.17, 15) is 9.18 Å². The van der Waals surface area contributed by atoms with Crippen LogP contribution in [0.15, 0.2) is 59.8 Å². The molecule has 0 aliphatic carbocycles. The van der Waals surface area contributed by atoms with Gasteiger partial charge in [-0.1, -0.05) is 6.07 Å². The van der Waals surface area contributed by atoms with Crippen molar-refractivity contribution in [3.8, 4) is 0 Å². The molecule has 0 radical (unpaired) electrons. The summed E-state index contributed by atoms with van der Waals surface area (Å²) in [5.74, 6) is 0.113. The number of amides is 1. The van der Waals surface area contributed by atoms with Gasteiger partial charge in [0.05, 0.1) is 24.2 Å².